The van der Waals surface area contributed by atoms with Crippen LogP contribution in [0.1, 0.15) is 63.5 Å². The van der Waals surface area contributed by atoms with E-state index in [2.05, 4.69) is 13.8 Å². The molecule has 1 aliphatic heterocycles. The first-order chi connectivity index (χ1) is 15.5. The van der Waals surface area contributed by atoms with Gasteiger partial charge in [-0.3, -0.25) is 4.79 Å². The smallest absolute Gasteiger partial charge is 0.336 e. The summed E-state index contributed by atoms with van der Waals surface area (Å²) in [6, 6.07) is 6.03. The van der Waals surface area contributed by atoms with Crippen molar-refractivity contribution < 1.29 is 22.4 Å². The number of nitrogens with zero attached hydrogens (tertiary/aromatic N) is 1. The van der Waals surface area contributed by atoms with Gasteiger partial charge in [-0.2, -0.15) is 13.2 Å². The van der Waals surface area contributed by atoms with Gasteiger partial charge < -0.3 is 4.90 Å². The number of carbonyl (C=O) groups is 1. The maximum atomic E-state index is 14.6. The minimum atomic E-state index is -4.33. The standard InChI is InChI=1S/C27H33F4NO/c1-25-13-12-21-18(9-11-23-26(21,2)15-22(28)24(33)32(23)3)20(25)10-8-17(25)14-16-6-4-5-7-19(16)27(29,30)31/h4-7,15,17-18,20-21,23H,8-14H2,1-3H3/t17?,18-,20-,21+,23?,25+,26+/m0/s1. The molecule has 180 valence electrons. The molecule has 1 aromatic rings. The molecule has 1 heterocycles. The summed E-state index contributed by atoms with van der Waals surface area (Å²) in [5.41, 5.74) is -0.471. The molecule has 5 rings (SSSR count). The van der Waals surface area contributed by atoms with Crippen LogP contribution in [0.5, 0.6) is 0 Å². The number of hydrogen-bond acceptors (Lipinski definition) is 1. The highest BCUT2D eigenvalue weighted by atomic mass is 19.4. The molecule has 6 heteroatoms. The normalized spacial score (nSPS) is 40.7. The Labute approximate surface area is 193 Å². The average Bonchev–Trinajstić information content (AvgIpc) is 3.08. The predicted octanol–water partition coefficient (Wildman–Crippen LogP) is 6.80. The summed E-state index contributed by atoms with van der Waals surface area (Å²) in [6.45, 7) is 4.41. The van der Waals surface area contributed by atoms with Crippen molar-refractivity contribution in [2.24, 2.45) is 34.5 Å². The lowest BCUT2D eigenvalue weighted by atomic mass is 9.47. The van der Waals surface area contributed by atoms with Gasteiger partial charge in [-0.25, -0.2) is 4.39 Å². The topological polar surface area (TPSA) is 20.3 Å². The maximum absolute atomic E-state index is 14.6. The molecule has 33 heavy (non-hydrogen) atoms. The molecular weight excluding hydrogens is 430 g/mol. The lowest BCUT2D eigenvalue weighted by Crippen LogP contribution is -2.60. The Hall–Kier alpha value is -1.85. The van der Waals surface area contributed by atoms with Crippen molar-refractivity contribution in [2.75, 3.05) is 7.05 Å². The van der Waals surface area contributed by atoms with E-state index in [-0.39, 0.29) is 22.8 Å². The molecular formula is C27H33F4NO. The number of hydrogen-bond donors (Lipinski definition) is 0. The lowest BCUT2D eigenvalue weighted by Gasteiger charge is -2.60. The molecule has 7 atom stereocenters. The number of rotatable bonds is 2. The van der Waals surface area contributed by atoms with Crippen LogP contribution in [-0.4, -0.2) is 23.9 Å². The fraction of sp³-hybridized carbons (Fsp3) is 0.667. The minimum absolute atomic E-state index is 0.00171. The Morgan fingerprint density at radius 2 is 1.76 bits per heavy atom. The first-order valence-corrected chi connectivity index (χ1v) is 12.3. The highest BCUT2D eigenvalue weighted by molar-refractivity contribution is 5.92. The Morgan fingerprint density at radius 1 is 1.03 bits per heavy atom. The molecule has 1 aromatic carbocycles. The molecule has 3 aliphatic carbocycles. The van der Waals surface area contributed by atoms with Gasteiger partial charge >= 0.3 is 6.18 Å². The van der Waals surface area contributed by atoms with Gasteiger partial charge in [0, 0.05) is 18.5 Å². The Bertz CT molecular complexity index is 987. The van der Waals surface area contributed by atoms with E-state index < -0.39 is 23.5 Å². The second kappa shape index (κ2) is 7.58. The van der Waals surface area contributed by atoms with E-state index in [0.717, 1.165) is 38.5 Å². The Morgan fingerprint density at radius 3 is 2.48 bits per heavy atom. The highest BCUT2D eigenvalue weighted by Gasteiger charge is 2.61. The van der Waals surface area contributed by atoms with Crippen molar-refractivity contribution in [2.45, 2.75) is 71.0 Å². The molecule has 0 spiro atoms. The van der Waals surface area contributed by atoms with E-state index >= 15 is 0 Å². The van der Waals surface area contributed by atoms with E-state index in [4.69, 9.17) is 0 Å². The molecule has 4 aliphatic rings. The van der Waals surface area contributed by atoms with Gasteiger partial charge in [-0.05, 0) is 91.7 Å². The van der Waals surface area contributed by atoms with Gasteiger partial charge in [-0.1, -0.05) is 32.0 Å². The number of carbonyl (C=O) groups excluding carboxylic acids is 1. The van der Waals surface area contributed by atoms with Crippen LogP contribution in [0.25, 0.3) is 0 Å². The monoisotopic (exact) mass is 463 g/mol. The fourth-order valence-corrected chi connectivity index (χ4v) is 8.51. The number of fused-ring (bicyclic) bond motifs is 5. The highest BCUT2D eigenvalue weighted by Crippen LogP contribution is 2.66. The zero-order valence-corrected chi connectivity index (χ0v) is 19.6. The molecule has 0 radical (unpaired) electrons. The second-order valence-electron chi connectivity index (χ2n) is 11.4. The van der Waals surface area contributed by atoms with Gasteiger partial charge in [0.1, 0.15) is 0 Å². The molecule has 0 N–H and O–H groups in total. The average molecular weight is 464 g/mol. The zero-order chi connectivity index (χ0) is 23.8. The van der Waals surface area contributed by atoms with Crippen LogP contribution in [-0.2, 0) is 17.4 Å². The first-order valence-electron chi connectivity index (χ1n) is 12.3. The van der Waals surface area contributed by atoms with Gasteiger partial charge in [-0.15, -0.1) is 0 Å². The number of halogens is 4. The molecule has 2 unspecified atom stereocenters. The molecule has 0 bridgehead atoms. The van der Waals surface area contributed by atoms with E-state index in [1.165, 1.54) is 12.1 Å². The van der Waals surface area contributed by atoms with Crippen molar-refractivity contribution >= 4 is 5.91 Å². The SMILES string of the molecule is CN1C(=O)C(F)=C[C@@]2(C)C1CC[C@@H]1[C@H]2CC[C@]2(C)C(Cc3ccccc3C(F)(F)F)CC[C@@H]12. The van der Waals surface area contributed by atoms with Gasteiger partial charge in [0.2, 0.25) is 0 Å². The largest absolute Gasteiger partial charge is 0.416 e. The molecule has 1 amide bonds. The summed E-state index contributed by atoms with van der Waals surface area (Å²) in [5.74, 6) is 0.242. The van der Waals surface area contributed by atoms with Crippen LogP contribution >= 0.6 is 0 Å². The van der Waals surface area contributed by atoms with Crippen molar-refractivity contribution in [3.05, 3.63) is 47.3 Å². The molecule has 3 fully saturated rings. The first kappa shape index (κ1) is 22.9. The van der Waals surface area contributed by atoms with Crippen LogP contribution in [0.4, 0.5) is 17.6 Å². The van der Waals surface area contributed by atoms with Gasteiger partial charge in [0.25, 0.3) is 5.91 Å². The van der Waals surface area contributed by atoms with Crippen LogP contribution in [0.2, 0.25) is 0 Å². The zero-order valence-electron chi connectivity index (χ0n) is 19.6. The number of amides is 1. The van der Waals surface area contributed by atoms with Crippen LogP contribution in [0.3, 0.4) is 0 Å². The summed E-state index contributed by atoms with van der Waals surface area (Å²) in [4.78, 5) is 13.8. The third kappa shape index (κ3) is 3.37. The van der Waals surface area contributed by atoms with E-state index in [1.807, 2.05) is 0 Å². The minimum Gasteiger partial charge on any atom is -0.336 e. The van der Waals surface area contributed by atoms with E-state index in [9.17, 15) is 22.4 Å². The van der Waals surface area contributed by atoms with Crippen molar-refractivity contribution in [3.63, 3.8) is 0 Å². The number of benzene rings is 1. The molecule has 2 nitrogen and oxygen atoms in total. The third-order valence-corrected chi connectivity index (χ3v) is 10.1. The Balaban J connectivity index is 1.42. The fourth-order valence-electron chi connectivity index (χ4n) is 8.51. The summed E-state index contributed by atoms with van der Waals surface area (Å²) in [6.07, 6.45) is 3.46. The molecule has 3 saturated carbocycles. The van der Waals surface area contributed by atoms with E-state index in [1.54, 1.807) is 30.2 Å². The van der Waals surface area contributed by atoms with Crippen LogP contribution in [0, 0.1) is 34.5 Å². The summed E-state index contributed by atoms with van der Waals surface area (Å²) < 4.78 is 55.4. The summed E-state index contributed by atoms with van der Waals surface area (Å²) in [7, 11) is 1.72. The molecule has 0 saturated heterocycles. The third-order valence-electron chi connectivity index (χ3n) is 10.1. The summed E-state index contributed by atoms with van der Waals surface area (Å²) in [5, 5.41) is 0. The number of alkyl halides is 3. The maximum Gasteiger partial charge on any atom is 0.416 e. The van der Waals surface area contributed by atoms with Crippen molar-refractivity contribution in [3.8, 4) is 0 Å². The predicted molar refractivity (Wildman–Crippen MR) is 119 cm³/mol. The van der Waals surface area contributed by atoms with Gasteiger partial charge in [0.05, 0.1) is 5.56 Å². The molecule has 0 aromatic heterocycles. The van der Waals surface area contributed by atoms with Gasteiger partial charge in [0.15, 0.2) is 5.83 Å². The van der Waals surface area contributed by atoms with Crippen molar-refractivity contribution in [1.82, 2.24) is 4.90 Å². The quantitative estimate of drug-likeness (QED) is 0.442. The lowest BCUT2D eigenvalue weighted by molar-refractivity contribution is -0.142. The number of likely N-dealkylation sites (N-methyl/N-ethyl adjacent to an activating group) is 1. The van der Waals surface area contributed by atoms with Crippen molar-refractivity contribution in [1.29, 1.82) is 0 Å². The van der Waals surface area contributed by atoms with Crippen LogP contribution in [0.15, 0.2) is 36.2 Å². The van der Waals surface area contributed by atoms with Crippen LogP contribution < -0.4 is 0 Å². The Kier molecular flexibility index (Phi) is 5.26. The second-order valence-corrected chi connectivity index (χ2v) is 11.4. The van der Waals surface area contributed by atoms with E-state index in [0.29, 0.717) is 29.7 Å². The summed E-state index contributed by atoms with van der Waals surface area (Å²) >= 11 is 0.